The SMILES string of the molecule is Cc1ccc(C)c(NCc2ccc(OCc3ccccc3)cc2)c1. The molecule has 0 fully saturated rings. The number of aryl methyl sites for hydroxylation is 2. The topological polar surface area (TPSA) is 21.3 Å². The summed E-state index contributed by atoms with van der Waals surface area (Å²) >= 11 is 0. The van der Waals surface area contributed by atoms with Crippen LogP contribution in [0.1, 0.15) is 22.3 Å². The Labute approximate surface area is 144 Å². The first kappa shape index (κ1) is 16.1. The third-order valence-corrected chi connectivity index (χ3v) is 4.05. The normalized spacial score (nSPS) is 10.4. The Kier molecular flexibility index (Phi) is 5.17. The number of nitrogens with one attached hydrogen (secondary N) is 1. The van der Waals surface area contributed by atoms with Crippen LogP contribution in [-0.2, 0) is 13.2 Å². The van der Waals surface area contributed by atoms with E-state index < -0.39 is 0 Å². The highest BCUT2D eigenvalue weighted by atomic mass is 16.5. The Morgan fingerprint density at radius 2 is 1.54 bits per heavy atom. The van der Waals surface area contributed by atoms with Gasteiger partial charge in [-0.2, -0.15) is 0 Å². The molecular formula is C22H23NO. The maximum Gasteiger partial charge on any atom is 0.119 e. The lowest BCUT2D eigenvalue weighted by molar-refractivity contribution is 0.306. The third kappa shape index (κ3) is 4.39. The Hall–Kier alpha value is -2.74. The second-order valence-electron chi connectivity index (χ2n) is 6.09. The van der Waals surface area contributed by atoms with Gasteiger partial charge in [-0.3, -0.25) is 0 Å². The molecule has 3 aromatic rings. The van der Waals surface area contributed by atoms with Crippen LogP contribution in [0.4, 0.5) is 5.69 Å². The molecule has 1 N–H and O–H groups in total. The largest absolute Gasteiger partial charge is 0.489 e. The Morgan fingerprint density at radius 1 is 0.792 bits per heavy atom. The molecule has 24 heavy (non-hydrogen) atoms. The third-order valence-electron chi connectivity index (χ3n) is 4.05. The molecular weight excluding hydrogens is 294 g/mol. The van der Waals surface area contributed by atoms with Gasteiger partial charge in [0, 0.05) is 12.2 Å². The van der Waals surface area contributed by atoms with Crippen LogP contribution < -0.4 is 10.1 Å². The molecule has 122 valence electrons. The van der Waals surface area contributed by atoms with Crippen LogP contribution in [0.5, 0.6) is 5.75 Å². The summed E-state index contributed by atoms with van der Waals surface area (Å²) in [5.74, 6) is 0.898. The van der Waals surface area contributed by atoms with Gasteiger partial charge in [0.05, 0.1) is 0 Å². The smallest absolute Gasteiger partial charge is 0.119 e. The van der Waals surface area contributed by atoms with Crippen molar-refractivity contribution in [2.75, 3.05) is 5.32 Å². The molecule has 0 aliphatic rings. The molecule has 0 radical (unpaired) electrons. The van der Waals surface area contributed by atoms with Gasteiger partial charge >= 0.3 is 0 Å². The van der Waals surface area contributed by atoms with Gasteiger partial charge < -0.3 is 10.1 Å². The lowest BCUT2D eigenvalue weighted by Gasteiger charge is -2.11. The number of hydrogen-bond donors (Lipinski definition) is 1. The molecule has 0 atom stereocenters. The van der Waals surface area contributed by atoms with E-state index in [1.54, 1.807) is 0 Å². The predicted octanol–water partition coefficient (Wildman–Crippen LogP) is 5.49. The molecule has 0 saturated heterocycles. The first-order valence-corrected chi connectivity index (χ1v) is 8.27. The molecule has 0 bridgehead atoms. The van der Waals surface area contributed by atoms with Crippen LogP contribution in [0.2, 0.25) is 0 Å². The molecule has 0 aliphatic carbocycles. The van der Waals surface area contributed by atoms with Crippen molar-refractivity contribution in [3.05, 3.63) is 95.1 Å². The Balaban J connectivity index is 1.55. The van der Waals surface area contributed by atoms with Gasteiger partial charge in [0.2, 0.25) is 0 Å². The van der Waals surface area contributed by atoms with Crippen molar-refractivity contribution >= 4 is 5.69 Å². The molecule has 0 unspecified atom stereocenters. The number of ether oxygens (including phenoxy) is 1. The predicted molar refractivity (Wildman–Crippen MR) is 100 cm³/mol. The number of hydrogen-bond acceptors (Lipinski definition) is 2. The first-order valence-electron chi connectivity index (χ1n) is 8.27. The summed E-state index contributed by atoms with van der Waals surface area (Å²) in [5.41, 5.74) is 6.15. The van der Waals surface area contributed by atoms with Crippen molar-refractivity contribution in [1.29, 1.82) is 0 Å². The average Bonchev–Trinajstić information content (AvgIpc) is 2.62. The first-order chi connectivity index (χ1) is 11.7. The van der Waals surface area contributed by atoms with E-state index in [1.807, 2.05) is 30.3 Å². The standard InChI is InChI=1S/C22H23NO/c1-17-8-9-18(2)22(14-17)23-15-19-10-12-21(13-11-19)24-16-20-6-4-3-5-7-20/h3-14,23H,15-16H2,1-2H3. The van der Waals surface area contributed by atoms with Crippen LogP contribution >= 0.6 is 0 Å². The second kappa shape index (κ2) is 7.69. The van der Waals surface area contributed by atoms with Crippen LogP contribution in [-0.4, -0.2) is 0 Å². The van der Waals surface area contributed by atoms with Gasteiger partial charge in [-0.1, -0.05) is 54.6 Å². The zero-order valence-electron chi connectivity index (χ0n) is 14.3. The minimum atomic E-state index is 0.598. The van der Waals surface area contributed by atoms with Crippen molar-refractivity contribution in [2.24, 2.45) is 0 Å². The van der Waals surface area contributed by atoms with Crippen molar-refractivity contribution in [2.45, 2.75) is 27.0 Å². The quantitative estimate of drug-likeness (QED) is 0.648. The van der Waals surface area contributed by atoms with E-state index in [0.717, 1.165) is 12.3 Å². The minimum absolute atomic E-state index is 0.598. The number of benzene rings is 3. The van der Waals surface area contributed by atoms with E-state index >= 15 is 0 Å². The summed E-state index contributed by atoms with van der Waals surface area (Å²) in [7, 11) is 0. The fourth-order valence-electron chi connectivity index (χ4n) is 2.57. The van der Waals surface area contributed by atoms with Crippen molar-refractivity contribution in [1.82, 2.24) is 0 Å². The molecule has 0 saturated carbocycles. The van der Waals surface area contributed by atoms with Crippen LogP contribution in [0.25, 0.3) is 0 Å². The van der Waals surface area contributed by atoms with Crippen molar-refractivity contribution in [3.8, 4) is 5.75 Å². The molecule has 0 aliphatic heterocycles. The fraction of sp³-hybridized carbons (Fsp3) is 0.182. The molecule has 0 heterocycles. The van der Waals surface area contributed by atoms with Gasteiger partial charge in [-0.05, 0) is 54.3 Å². The molecule has 2 nitrogen and oxygen atoms in total. The summed E-state index contributed by atoms with van der Waals surface area (Å²) in [6, 6.07) is 25.0. The van der Waals surface area contributed by atoms with Gasteiger partial charge in [0.15, 0.2) is 0 Å². The summed E-state index contributed by atoms with van der Waals surface area (Å²) in [4.78, 5) is 0. The number of rotatable bonds is 6. The van der Waals surface area contributed by atoms with Crippen LogP contribution in [0, 0.1) is 13.8 Å². The summed E-state index contributed by atoms with van der Waals surface area (Å²) < 4.78 is 5.82. The molecule has 0 aromatic heterocycles. The van der Waals surface area contributed by atoms with Gasteiger partial charge in [0.25, 0.3) is 0 Å². The summed E-state index contributed by atoms with van der Waals surface area (Å²) in [6.07, 6.45) is 0. The highest BCUT2D eigenvalue weighted by Crippen LogP contribution is 2.19. The fourth-order valence-corrected chi connectivity index (χ4v) is 2.57. The monoisotopic (exact) mass is 317 g/mol. The van der Waals surface area contributed by atoms with Crippen molar-refractivity contribution < 1.29 is 4.74 Å². The van der Waals surface area contributed by atoms with E-state index in [2.05, 4.69) is 61.6 Å². The van der Waals surface area contributed by atoms with Crippen LogP contribution in [0.15, 0.2) is 72.8 Å². The van der Waals surface area contributed by atoms with E-state index in [9.17, 15) is 0 Å². The van der Waals surface area contributed by atoms with Gasteiger partial charge in [-0.15, -0.1) is 0 Å². The lowest BCUT2D eigenvalue weighted by atomic mass is 10.1. The van der Waals surface area contributed by atoms with E-state index in [-0.39, 0.29) is 0 Å². The van der Waals surface area contributed by atoms with E-state index in [0.29, 0.717) is 6.61 Å². The molecule has 0 spiro atoms. The molecule has 3 rings (SSSR count). The van der Waals surface area contributed by atoms with Crippen LogP contribution in [0.3, 0.4) is 0 Å². The summed E-state index contributed by atoms with van der Waals surface area (Å²) in [5, 5.41) is 3.51. The highest BCUT2D eigenvalue weighted by molar-refractivity contribution is 5.52. The van der Waals surface area contributed by atoms with Gasteiger partial charge in [-0.25, -0.2) is 0 Å². The van der Waals surface area contributed by atoms with Crippen molar-refractivity contribution in [3.63, 3.8) is 0 Å². The zero-order chi connectivity index (χ0) is 16.8. The zero-order valence-corrected chi connectivity index (χ0v) is 14.3. The Bertz CT molecular complexity index is 779. The molecule has 0 amide bonds. The van der Waals surface area contributed by atoms with E-state index in [1.165, 1.54) is 27.9 Å². The lowest BCUT2D eigenvalue weighted by Crippen LogP contribution is -2.01. The Morgan fingerprint density at radius 3 is 2.29 bits per heavy atom. The maximum atomic E-state index is 5.82. The molecule has 2 heteroatoms. The second-order valence-corrected chi connectivity index (χ2v) is 6.09. The van der Waals surface area contributed by atoms with E-state index in [4.69, 9.17) is 4.74 Å². The van der Waals surface area contributed by atoms with Gasteiger partial charge in [0.1, 0.15) is 12.4 Å². The number of anilines is 1. The average molecular weight is 317 g/mol. The molecule has 3 aromatic carbocycles. The highest BCUT2D eigenvalue weighted by Gasteiger charge is 2.00. The summed E-state index contributed by atoms with van der Waals surface area (Å²) in [6.45, 7) is 5.65. The maximum absolute atomic E-state index is 5.82. The minimum Gasteiger partial charge on any atom is -0.489 e.